The van der Waals surface area contributed by atoms with Gasteiger partial charge in [0.05, 0.1) is 17.1 Å². The Bertz CT molecular complexity index is 1610. The van der Waals surface area contributed by atoms with Crippen LogP contribution in [0.15, 0.2) is 95.9 Å². The Labute approximate surface area is 242 Å². The second-order valence-electron chi connectivity index (χ2n) is 8.72. The van der Waals surface area contributed by atoms with Crippen molar-refractivity contribution in [3.8, 4) is 0 Å². The number of sulfonamides is 1. The maximum atomic E-state index is 13.7. The number of hydrogen-bond donors (Lipinski definition) is 1. The lowest BCUT2D eigenvalue weighted by Gasteiger charge is -2.23. The van der Waals surface area contributed by atoms with Crippen molar-refractivity contribution in [2.45, 2.75) is 18.4 Å². The minimum Gasteiger partial charge on any atom is -0.324 e. The molecule has 39 heavy (non-hydrogen) atoms. The summed E-state index contributed by atoms with van der Waals surface area (Å²) in [7, 11) is -4.15. The van der Waals surface area contributed by atoms with Crippen molar-refractivity contribution in [1.82, 2.24) is 4.31 Å². The summed E-state index contributed by atoms with van der Waals surface area (Å²) in [5, 5.41) is 3.51. The summed E-state index contributed by atoms with van der Waals surface area (Å²) in [5.74, 6) is -1.02. The van der Waals surface area contributed by atoms with Crippen LogP contribution < -0.4 is 5.32 Å². The average Bonchev–Trinajstić information content (AvgIpc) is 2.91. The van der Waals surface area contributed by atoms with Gasteiger partial charge in [-0.05, 0) is 49.4 Å². The number of carbonyl (C=O) groups is 2. The van der Waals surface area contributed by atoms with Crippen LogP contribution in [-0.4, -0.2) is 31.0 Å². The highest BCUT2D eigenvalue weighted by Crippen LogP contribution is 2.29. The zero-order valence-electron chi connectivity index (χ0n) is 20.7. The van der Waals surface area contributed by atoms with E-state index in [1.54, 1.807) is 60.7 Å². The summed E-state index contributed by atoms with van der Waals surface area (Å²) < 4.78 is 28.3. The van der Waals surface area contributed by atoms with Gasteiger partial charge in [0, 0.05) is 38.3 Å². The minimum atomic E-state index is -4.15. The summed E-state index contributed by atoms with van der Waals surface area (Å²) in [6.45, 7) is 1.02. The van der Waals surface area contributed by atoms with Crippen molar-refractivity contribution >= 4 is 62.2 Å². The van der Waals surface area contributed by atoms with Gasteiger partial charge in [-0.1, -0.05) is 88.9 Å². The zero-order chi connectivity index (χ0) is 28.2. The lowest BCUT2D eigenvalue weighted by Crippen LogP contribution is -2.38. The fourth-order valence-corrected chi connectivity index (χ4v) is 5.91. The molecule has 0 spiro atoms. The number of rotatable bonds is 9. The Morgan fingerprint density at radius 3 is 2.10 bits per heavy atom. The third-order valence-corrected chi connectivity index (χ3v) is 8.66. The molecule has 0 unspecified atom stereocenters. The van der Waals surface area contributed by atoms with Gasteiger partial charge in [0.2, 0.25) is 15.9 Å². The van der Waals surface area contributed by atoms with E-state index < -0.39 is 22.5 Å². The molecule has 0 atom stereocenters. The van der Waals surface area contributed by atoms with Crippen molar-refractivity contribution in [1.29, 1.82) is 0 Å². The lowest BCUT2D eigenvalue weighted by molar-refractivity contribution is -0.116. The molecule has 0 aromatic heterocycles. The van der Waals surface area contributed by atoms with Crippen LogP contribution in [0.25, 0.3) is 0 Å². The molecule has 200 valence electrons. The number of anilines is 1. The van der Waals surface area contributed by atoms with E-state index >= 15 is 0 Å². The molecular weight excluding hydrogens is 579 g/mol. The molecule has 4 aromatic rings. The van der Waals surface area contributed by atoms with Gasteiger partial charge in [0.1, 0.15) is 0 Å². The third-order valence-electron chi connectivity index (χ3n) is 5.91. The van der Waals surface area contributed by atoms with E-state index in [0.717, 1.165) is 9.87 Å². The number of halogens is 3. The van der Waals surface area contributed by atoms with Gasteiger partial charge in [-0.25, -0.2) is 8.42 Å². The number of nitrogens with zero attached hydrogens (tertiary/aromatic N) is 1. The van der Waals surface area contributed by atoms with E-state index in [4.69, 9.17) is 34.8 Å². The van der Waals surface area contributed by atoms with Crippen LogP contribution in [0.1, 0.15) is 27.0 Å². The number of ketones is 1. The van der Waals surface area contributed by atoms with Crippen LogP contribution in [0, 0.1) is 6.92 Å². The number of nitrogens with one attached hydrogen (secondary N) is 1. The van der Waals surface area contributed by atoms with E-state index in [1.807, 2.05) is 6.92 Å². The van der Waals surface area contributed by atoms with Gasteiger partial charge in [-0.2, -0.15) is 4.31 Å². The average molecular weight is 602 g/mol. The third kappa shape index (κ3) is 6.87. The largest absolute Gasteiger partial charge is 0.324 e. The molecular formula is C29H23Cl3N2O4S. The molecule has 0 bridgehead atoms. The van der Waals surface area contributed by atoms with Crippen molar-refractivity contribution in [2.24, 2.45) is 0 Å². The smallest absolute Gasteiger partial charge is 0.243 e. The number of benzene rings is 4. The molecule has 0 radical (unpaired) electrons. The number of amides is 1. The quantitative estimate of drug-likeness (QED) is 0.209. The molecule has 0 aliphatic carbocycles. The highest BCUT2D eigenvalue weighted by Gasteiger charge is 2.29. The molecule has 4 aromatic carbocycles. The number of carbonyl (C=O) groups excluding carboxylic acids is 2. The van der Waals surface area contributed by atoms with Crippen LogP contribution in [0.5, 0.6) is 0 Å². The predicted molar refractivity (Wildman–Crippen MR) is 155 cm³/mol. The van der Waals surface area contributed by atoms with E-state index in [-0.39, 0.29) is 38.5 Å². The molecule has 1 N–H and O–H groups in total. The summed E-state index contributed by atoms with van der Waals surface area (Å²) >= 11 is 18.8. The Morgan fingerprint density at radius 2 is 1.46 bits per heavy atom. The summed E-state index contributed by atoms with van der Waals surface area (Å²) in [6.07, 6.45) is 0. The molecule has 6 nitrogen and oxygen atoms in total. The van der Waals surface area contributed by atoms with E-state index in [9.17, 15) is 18.0 Å². The van der Waals surface area contributed by atoms with Gasteiger partial charge >= 0.3 is 0 Å². The molecule has 10 heteroatoms. The first-order valence-electron chi connectivity index (χ1n) is 11.7. The Balaban J connectivity index is 1.67. The first kappa shape index (κ1) is 28.8. The highest BCUT2D eigenvalue weighted by molar-refractivity contribution is 7.89. The van der Waals surface area contributed by atoms with Gasteiger partial charge in [-0.3, -0.25) is 9.59 Å². The number of hydrogen-bond acceptors (Lipinski definition) is 4. The van der Waals surface area contributed by atoms with Gasteiger partial charge in [-0.15, -0.1) is 0 Å². The fourth-order valence-electron chi connectivity index (χ4n) is 3.85. The van der Waals surface area contributed by atoms with Crippen LogP contribution in [0.3, 0.4) is 0 Å². The van der Waals surface area contributed by atoms with Crippen LogP contribution in [0.4, 0.5) is 5.69 Å². The standard InChI is InChI=1S/C29H23Cl3N2O4S/c1-19-10-13-22(14-11-19)39(37,38)34(17-24-25(31)8-5-9-26(24)32)18-28(35)33-27-15-12-21(30)16-23(27)29(36)20-6-3-2-4-7-20/h2-16H,17-18H2,1H3,(H,33,35). The van der Waals surface area contributed by atoms with Crippen molar-refractivity contribution in [3.63, 3.8) is 0 Å². The topological polar surface area (TPSA) is 83.6 Å². The molecule has 0 fully saturated rings. The van der Waals surface area contributed by atoms with Crippen molar-refractivity contribution in [3.05, 3.63) is 128 Å². The fraction of sp³-hybridized carbons (Fsp3) is 0.103. The predicted octanol–water partition coefficient (Wildman–Crippen LogP) is 7.02. The van der Waals surface area contributed by atoms with E-state index in [1.165, 1.54) is 30.3 Å². The maximum absolute atomic E-state index is 13.7. The second-order valence-corrected chi connectivity index (χ2v) is 11.9. The van der Waals surface area contributed by atoms with Crippen LogP contribution in [0.2, 0.25) is 15.1 Å². The van der Waals surface area contributed by atoms with Gasteiger partial charge < -0.3 is 5.32 Å². The van der Waals surface area contributed by atoms with Crippen molar-refractivity contribution < 1.29 is 18.0 Å². The molecule has 0 saturated heterocycles. The number of aryl methyl sites for hydroxylation is 1. The van der Waals surface area contributed by atoms with E-state index in [0.29, 0.717) is 16.1 Å². The first-order chi connectivity index (χ1) is 18.6. The van der Waals surface area contributed by atoms with Gasteiger partial charge in [0.15, 0.2) is 5.78 Å². The molecule has 0 aliphatic heterocycles. The Hall–Kier alpha value is -3.20. The second kappa shape index (κ2) is 12.3. The zero-order valence-corrected chi connectivity index (χ0v) is 23.8. The molecule has 4 rings (SSSR count). The summed E-state index contributed by atoms with van der Waals surface area (Å²) in [4.78, 5) is 26.5. The van der Waals surface area contributed by atoms with Crippen LogP contribution >= 0.6 is 34.8 Å². The maximum Gasteiger partial charge on any atom is 0.243 e. The van der Waals surface area contributed by atoms with Crippen molar-refractivity contribution in [2.75, 3.05) is 11.9 Å². The minimum absolute atomic E-state index is 0.00973. The van der Waals surface area contributed by atoms with Gasteiger partial charge in [0.25, 0.3) is 0 Å². The Kier molecular flexibility index (Phi) is 9.10. The summed E-state index contributed by atoms with van der Waals surface area (Å²) in [6, 6.07) is 24.1. The highest BCUT2D eigenvalue weighted by atomic mass is 35.5. The lowest BCUT2D eigenvalue weighted by atomic mass is 10.0. The molecule has 0 saturated carbocycles. The first-order valence-corrected chi connectivity index (χ1v) is 14.3. The summed E-state index contributed by atoms with van der Waals surface area (Å²) in [5.41, 5.74) is 2.01. The monoisotopic (exact) mass is 600 g/mol. The molecule has 1 amide bonds. The SMILES string of the molecule is Cc1ccc(S(=O)(=O)N(CC(=O)Nc2ccc(Cl)cc2C(=O)c2ccccc2)Cc2c(Cl)cccc2Cl)cc1. The molecule has 0 aliphatic rings. The normalized spacial score (nSPS) is 11.4. The molecule has 0 heterocycles. The van der Waals surface area contributed by atoms with Crippen LogP contribution in [-0.2, 0) is 21.4 Å². The van der Waals surface area contributed by atoms with E-state index in [2.05, 4.69) is 5.32 Å². The Morgan fingerprint density at radius 1 is 0.821 bits per heavy atom.